The summed E-state index contributed by atoms with van der Waals surface area (Å²) >= 11 is 1.31. The first-order valence-electron chi connectivity index (χ1n) is 8.39. The van der Waals surface area contributed by atoms with Crippen LogP contribution in [0.2, 0.25) is 0 Å². The Morgan fingerprint density at radius 3 is 2.30 bits per heavy atom. The fourth-order valence-corrected chi connectivity index (χ4v) is 3.02. The Bertz CT molecular complexity index is 923. The van der Waals surface area contributed by atoms with Gasteiger partial charge in [0.2, 0.25) is 5.13 Å². The molecule has 0 aliphatic heterocycles. The second-order valence-electron chi connectivity index (χ2n) is 6.06. The first-order valence-corrected chi connectivity index (χ1v) is 9.21. The molecule has 3 amide bonds. The number of anilines is 2. The normalized spacial score (nSPS) is 10.5. The first kappa shape index (κ1) is 18.5. The molecule has 7 nitrogen and oxygen atoms in total. The fraction of sp³-hybridized carbons (Fsp3) is 0.158. The van der Waals surface area contributed by atoms with Gasteiger partial charge in [0.15, 0.2) is 0 Å². The molecule has 0 unspecified atom stereocenters. The predicted molar refractivity (Wildman–Crippen MR) is 107 cm³/mol. The van der Waals surface area contributed by atoms with Gasteiger partial charge in [-0.25, -0.2) is 4.79 Å². The van der Waals surface area contributed by atoms with Gasteiger partial charge in [-0.3, -0.25) is 10.1 Å². The smallest absolute Gasteiger partial charge is 0.319 e. The molecule has 27 heavy (non-hydrogen) atoms. The molecule has 8 heteroatoms. The van der Waals surface area contributed by atoms with E-state index >= 15 is 0 Å². The van der Waals surface area contributed by atoms with Crippen LogP contribution in [0, 0.1) is 0 Å². The third-order valence-electron chi connectivity index (χ3n) is 3.49. The van der Waals surface area contributed by atoms with E-state index in [1.165, 1.54) is 11.3 Å². The molecule has 0 aliphatic rings. The van der Waals surface area contributed by atoms with Crippen LogP contribution in [0.25, 0.3) is 10.6 Å². The third-order valence-corrected chi connectivity index (χ3v) is 4.38. The Labute approximate surface area is 160 Å². The van der Waals surface area contributed by atoms with E-state index in [2.05, 4.69) is 26.1 Å². The zero-order valence-electron chi connectivity index (χ0n) is 14.9. The highest BCUT2D eigenvalue weighted by Gasteiger charge is 2.11. The summed E-state index contributed by atoms with van der Waals surface area (Å²) in [5, 5.41) is 17.5. The number of hydrogen-bond donors (Lipinski definition) is 3. The summed E-state index contributed by atoms with van der Waals surface area (Å²) in [5.41, 5.74) is 2.01. The van der Waals surface area contributed by atoms with E-state index in [-0.39, 0.29) is 18.0 Å². The molecule has 1 heterocycles. The summed E-state index contributed by atoms with van der Waals surface area (Å²) < 4.78 is 0. The number of nitrogens with one attached hydrogen (secondary N) is 3. The lowest BCUT2D eigenvalue weighted by molar-refractivity contribution is 0.102. The van der Waals surface area contributed by atoms with Crippen molar-refractivity contribution in [3.8, 4) is 10.6 Å². The van der Waals surface area contributed by atoms with Gasteiger partial charge in [-0.15, -0.1) is 10.2 Å². The van der Waals surface area contributed by atoms with E-state index < -0.39 is 0 Å². The molecule has 0 saturated heterocycles. The minimum atomic E-state index is -0.288. The van der Waals surface area contributed by atoms with Gasteiger partial charge in [-0.1, -0.05) is 41.7 Å². The number of aromatic nitrogens is 2. The summed E-state index contributed by atoms with van der Waals surface area (Å²) in [4.78, 5) is 24.1. The minimum Gasteiger partial charge on any atom is -0.336 e. The molecule has 0 aliphatic carbocycles. The quantitative estimate of drug-likeness (QED) is 0.623. The SMILES string of the molecule is CC(C)NC(=O)Nc1ccc(C(=O)Nc2nnc(-c3ccccc3)s2)cc1. The number of urea groups is 1. The van der Waals surface area contributed by atoms with Gasteiger partial charge in [0.25, 0.3) is 5.91 Å². The van der Waals surface area contributed by atoms with E-state index in [1.807, 2.05) is 44.2 Å². The zero-order chi connectivity index (χ0) is 19.2. The van der Waals surface area contributed by atoms with Gasteiger partial charge < -0.3 is 10.6 Å². The molecule has 0 fully saturated rings. The Balaban J connectivity index is 1.61. The number of hydrogen-bond acceptors (Lipinski definition) is 5. The first-order chi connectivity index (χ1) is 13.0. The summed E-state index contributed by atoms with van der Waals surface area (Å²) in [5.74, 6) is -0.288. The van der Waals surface area contributed by atoms with Gasteiger partial charge >= 0.3 is 6.03 Å². The van der Waals surface area contributed by atoms with Crippen molar-refractivity contribution in [3.63, 3.8) is 0 Å². The van der Waals surface area contributed by atoms with Crippen molar-refractivity contribution in [3.05, 3.63) is 60.2 Å². The maximum Gasteiger partial charge on any atom is 0.319 e. The topological polar surface area (TPSA) is 96.0 Å². The van der Waals surface area contributed by atoms with E-state index in [0.29, 0.717) is 16.4 Å². The van der Waals surface area contributed by atoms with Crippen LogP contribution in [-0.4, -0.2) is 28.2 Å². The molecular weight excluding hydrogens is 362 g/mol. The molecule has 3 rings (SSSR count). The summed E-state index contributed by atoms with van der Waals surface area (Å²) in [6.07, 6.45) is 0. The second kappa shape index (κ2) is 8.41. The monoisotopic (exact) mass is 381 g/mol. The van der Waals surface area contributed by atoms with Crippen LogP contribution in [0.4, 0.5) is 15.6 Å². The van der Waals surface area contributed by atoms with Gasteiger partial charge in [0.1, 0.15) is 5.01 Å². The standard InChI is InChI=1S/C19H19N5O2S/c1-12(2)20-18(26)21-15-10-8-13(9-11-15)16(25)22-19-24-23-17(27-19)14-6-4-3-5-7-14/h3-12H,1-2H3,(H2,20,21,26)(H,22,24,25). The molecule has 0 radical (unpaired) electrons. The molecule has 2 aromatic carbocycles. The molecule has 1 aromatic heterocycles. The summed E-state index contributed by atoms with van der Waals surface area (Å²) in [7, 11) is 0. The van der Waals surface area contributed by atoms with Crippen molar-refractivity contribution in [1.29, 1.82) is 0 Å². The fourth-order valence-electron chi connectivity index (χ4n) is 2.27. The molecule has 138 valence electrons. The summed E-state index contributed by atoms with van der Waals surface area (Å²) in [6.45, 7) is 3.76. The molecule has 0 bridgehead atoms. The third kappa shape index (κ3) is 5.11. The molecular formula is C19H19N5O2S. The second-order valence-corrected chi connectivity index (χ2v) is 7.04. The average molecular weight is 381 g/mol. The van der Waals surface area contributed by atoms with Gasteiger partial charge in [-0.2, -0.15) is 0 Å². The Hall–Kier alpha value is -3.26. The van der Waals surface area contributed by atoms with Crippen LogP contribution in [0.15, 0.2) is 54.6 Å². The lowest BCUT2D eigenvalue weighted by Gasteiger charge is -2.10. The van der Waals surface area contributed by atoms with Crippen LogP contribution in [-0.2, 0) is 0 Å². The largest absolute Gasteiger partial charge is 0.336 e. The van der Waals surface area contributed by atoms with E-state index in [1.54, 1.807) is 24.3 Å². The van der Waals surface area contributed by atoms with Crippen LogP contribution < -0.4 is 16.0 Å². The van der Waals surface area contributed by atoms with Crippen molar-refractivity contribution in [2.24, 2.45) is 0 Å². The van der Waals surface area contributed by atoms with Crippen molar-refractivity contribution < 1.29 is 9.59 Å². The predicted octanol–water partition coefficient (Wildman–Crippen LogP) is 3.99. The maximum absolute atomic E-state index is 12.4. The minimum absolute atomic E-state index is 0.0442. The highest BCUT2D eigenvalue weighted by atomic mass is 32.1. The van der Waals surface area contributed by atoms with Crippen LogP contribution >= 0.6 is 11.3 Å². The highest BCUT2D eigenvalue weighted by Crippen LogP contribution is 2.26. The van der Waals surface area contributed by atoms with Gasteiger partial charge in [0, 0.05) is 22.9 Å². The van der Waals surface area contributed by atoms with Crippen LogP contribution in [0.5, 0.6) is 0 Å². The van der Waals surface area contributed by atoms with E-state index in [9.17, 15) is 9.59 Å². The molecule has 0 atom stereocenters. The highest BCUT2D eigenvalue weighted by molar-refractivity contribution is 7.18. The summed E-state index contributed by atoms with van der Waals surface area (Å²) in [6, 6.07) is 16.0. The average Bonchev–Trinajstić information content (AvgIpc) is 3.11. The van der Waals surface area contributed by atoms with Crippen molar-refractivity contribution in [1.82, 2.24) is 15.5 Å². The lowest BCUT2D eigenvalue weighted by Crippen LogP contribution is -2.34. The lowest BCUT2D eigenvalue weighted by atomic mass is 10.2. The van der Waals surface area contributed by atoms with E-state index in [0.717, 1.165) is 10.6 Å². The number of carbonyl (C=O) groups excluding carboxylic acids is 2. The van der Waals surface area contributed by atoms with Gasteiger partial charge in [0.05, 0.1) is 0 Å². The number of benzene rings is 2. The molecule has 0 spiro atoms. The zero-order valence-corrected chi connectivity index (χ0v) is 15.7. The number of amides is 3. The van der Waals surface area contributed by atoms with Crippen molar-refractivity contribution in [2.45, 2.75) is 19.9 Å². The van der Waals surface area contributed by atoms with Crippen LogP contribution in [0.3, 0.4) is 0 Å². The Kier molecular flexibility index (Phi) is 5.77. The molecule has 3 N–H and O–H groups in total. The van der Waals surface area contributed by atoms with Gasteiger partial charge in [-0.05, 0) is 38.1 Å². The number of rotatable bonds is 5. The Morgan fingerprint density at radius 2 is 1.63 bits per heavy atom. The van der Waals surface area contributed by atoms with Crippen molar-refractivity contribution in [2.75, 3.05) is 10.6 Å². The van der Waals surface area contributed by atoms with Crippen molar-refractivity contribution >= 4 is 34.1 Å². The number of nitrogens with zero attached hydrogens (tertiary/aromatic N) is 2. The number of carbonyl (C=O) groups is 2. The maximum atomic E-state index is 12.4. The van der Waals surface area contributed by atoms with Crippen LogP contribution in [0.1, 0.15) is 24.2 Å². The molecule has 3 aromatic rings. The Morgan fingerprint density at radius 1 is 0.926 bits per heavy atom. The molecule has 0 saturated carbocycles. The van der Waals surface area contributed by atoms with E-state index in [4.69, 9.17) is 0 Å².